The lowest BCUT2D eigenvalue weighted by molar-refractivity contribution is -0.309. The number of nitrogens with one attached hydrogen (secondary N) is 3. The maximum absolute atomic E-state index is 14.1. The molecule has 5 saturated heterocycles. The predicted molar refractivity (Wildman–Crippen MR) is 332 cm³/mol. The molecule has 1 aliphatic carbocycles. The van der Waals surface area contributed by atoms with Crippen molar-refractivity contribution in [3.63, 3.8) is 0 Å². The molecule has 19 atom stereocenters. The van der Waals surface area contributed by atoms with E-state index < -0.39 is 130 Å². The molecule has 5 aromatic carbocycles. The maximum Gasteiger partial charge on any atom is 0.407 e. The van der Waals surface area contributed by atoms with Crippen LogP contribution < -0.4 is 26.3 Å². The van der Waals surface area contributed by atoms with E-state index in [4.69, 9.17) is 51.8 Å². The van der Waals surface area contributed by atoms with Gasteiger partial charge in [0, 0.05) is 25.4 Å². The van der Waals surface area contributed by atoms with Crippen molar-refractivity contribution < 1.29 is 81.5 Å². The third-order valence-corrected chi connectivity index (χ3v) is 23.4. The summed E-state index contributed by atoms with van der Waals surface area (Å²) >= 11 is 0. The minimum atomic E-state index is -3.60. The van der Waals surface area contributed by atoms with Crippen LogP contribution in [0.15, 0.2) is 152 Å². The van der Waals surface area contributed by atoms with Gasteiger partial charge in [0.25, 0.3) is 8.32 Å². The first-order valence-electron chi connectivity index (χ1n) is 31.8. The van der Waals surface area contributed by atoms with Crippen molar-refractivity contribution in [2.24, 2.45) is 11.8 Å². The fourth-order valence-corrected chi connectivity index (χ4v) is 18.7. The third kappa shape index (κ3) is 14.8. The Kier molecular flexibility index (Phi) is 21.5. The van der Waals surface area contributed by atoms with Crippen LogP contribution in [-0.4, -0.2) is 160 Å². The average molecular weight is 1260 g/mol. The molecule has 90 heavy (non-hydrogen) atoms. The number of carbonyl (C=O) groups is 3. The van der Waals surface area contributed by atoms with Crippen molar-refractivity contribution >= 4 is 36.8 Å². The highest BCUT2D eigenvalue weighted by Crippen LogP contribution is 2.47. The van der Waals surface area contributed by atoms with Crippen molar-refractivity contribution in [2.75, 3.05) is 19.7 Å². The summed E-state index contributed by atoms with van der Waals surface area (Å²) in [4.78, 5) is 41.4. The lowest BCUT2D eigenvalue weighted by atomic mass is 9.76. The molecule has 5 aliphatic heterocycles. The maximum atomic E-state index is 14.1. The molecular weight excluding hydrogens is 1170 g/mol. The van der Waals surface area contributed by atoms with Crippen molar-refractivity contribution in [2.45, 2.75) is 196 Å². The second-order valence-electron chi connectivity index (χ2n) is 25.6. The van der Waals surface area contributed by atoms with Gasteiger partial charge < -0.3 is 83.1 Å². The molecule has 6 aliphatic rings. The van der Waals surface area contributed by atoms with Crippen LogP contribution in [0.1, 0.15) is 95.9 Å². The minimum Gasteiger partial charge on any atom is -0.459 e. The predicted octanol–water partition coefficient (Wildman–Crippen LogP) is 6.85. The number of rotatable bonds is 22. The Hall–Kier alpha value is -6.15. The summed E-state index contributed by atoms with van der Waals surface area (Å²) in [6.45, 7) is 10.7. The monoisotopic (exact) mass is 1260 g/mol. The Bertz CT molecular complexity index is 3040. The highest BCUT2D eigenvalue weighted by Gasteiger charge is 2.61. The standard InChI is InChI=1S/C69H87N3O17Si/c1-6-51-61(87-65-56(72-68(78)80-41-44-24-14-8-15-25-44)57(76)60-53(83-65)33-32-52(81-60)45-26-16-9-17-27-45)63(89-90(69(3,4)5,47-28-18-10-19-29-47)48-30-20-11-21-31-48)66(82-51)88-62-58(42(2)36-46-37-55(75)85-59(46)62)86-64-49(38-50(74)54(84-64)39-70-34-35-73)71-67(77)79-40-43-22-12-7-13-23-43/h7-31,42,46,49-54,56-66,70,73-74,76H,6,32-41H2,1-5H3,(H,71,77)(H,72,78)/t42-,46-,49+,50-,51+,52?,53-,54+,56+,57+,58+,59-,60+,61+,62-,63+,64+,65+,66-/m0/s1. The van der Waals surface area contributed by atoms with Crippen molar-refractivity contribution in [3.8, 4) is 0 Å². The molecule has 0 bridgehead atoms. The smallest absolute Gasteiger partial charge is 0.407 e. The number of benzene rings is 5. The van der Waals surface area contributed by atoms with Crippen LogP contribution in [0.2, 0.25) is 5.04 Å². The summed E-state index contributed by atoms with van der Waals surface area (Å²) in [6, 6.07) is 46.4. The van der Waals surface area contributed by atoms with Gasteiger partial charge in [-0.05, 0) is 63.7 Å². The Morgan fingerprint density at radius 2 is 1.20 bits per heavy atom. The Labute approximate surface area is 527 Å². The largest absolute Gasteiger partial charge is 0.459 e. The lowest BCUT2D eigenvalue weighted by Crippen LogP contribution is -2.70. The van der Waals surface area contributed by atoms with Gasteiger partial charge in [0.1, 0.15) is 55.9 Å². The van der Waals surface area contributed by atoms with E-state index in [1.54, 1.807) is 0 Å². The molecule has 2 amide bonds. The molecule has 20 nitrogen and oxygen atoms in total. The number of hydrogen-bond acceptors (Lipinski definition) is 18. The zero-order valence-electron chi connectivity index (χ0n) is 51.7. The average Bonchev–Trinajstić information content (AvgIpc) is 1.27. The topological polar surface area (TPSA) is 250 Å². The summed E-state index contributed by atoms with van der Waals surface area (Å²) in [5.74, 6) is -0.997. The molecule has 0 spiro atoms. The van der Waals surface area contributed by atoms with Gasteiger partial charge in [-0.1, -0.05) is 186 Å². The van der Waals surface area contributed by atoms with Gasteiger partial charge in [-0.25, -0.2) is 9.59 Å². The van der Waals surface area contributed by atoms with E-state index in [9.17, 15) is 29.7 Å². The Morgan fingerprint density at radius 3 is 1.80 bits per heavy atom. The second-order valence-corrected chi connectivity index (χ2v) is 29.8. The number of aliphatic hydroxyl groups is 3. The summed E-state index contributed by atoms with van der Waals surface area (Å²) in [5.41, 5.74) is 2.49. The van der Waals surface area contributed by atoms with Crippen molar-refractivity contribution in [1.29, 1.82) is 0 Å². The van der Waals surface area contributed by atoms with E-state index in [0.29, 0.717) is 25.7 Å². The number of fused-ring (bicyclic) bond motifs is 2. The molecule has 0 aromatic heterocycles. The van der Waals surface area contributed by atoms with Gasteiger partial charge in [-0.3, -0.25) is 4.79 Å². The van der Waals surface area contributed by atoms with Crippen LogP contribution >= 0.6 is 0 Å². The van der Waals surface area contributed by atoms with Gasteiger partial charge in [0.2, 0.25) is 0 Å². The zero-order chi connectivity index (χ0) is 62.9. The first-order chi connectivity index (χ1) is 43.6. The summed E-state index contributed by atoms with van der Waals surface area (Å²) < 4.78 is 75.6. The van der Waals surface area contributed by atoms with Gasteiger partial charge >= 0.3 is 18.2 Å². The van der Waals surface area contributed by atoms with E-state index in [2.05, 4.69) is 61.0 Å². The van der Waals surface area contributed by atoms with Crippen LogP contribution in [0.5, 0.6) is 0 Å². The molecular formula is C69H87N3O17Si. The number of carbonyl (C=O) groups excluding carboxylic acids is 3. The number of esters is 1. The number of ether oxygens (including phenoxy) is 10. The van der Waals surface area contributed by atoms with Gasteiger partial charge in [0.15, 0.2) is 18.9 Å². The third-order valence-electron chi connectivity index (χ3n) is 18.4. The first-order valence-corrected chi connectivity index (χ1v) is 33.7. The van der Waals surface area contributed by atoms with E-state index in [1.165, 1.54) is 0 Å². The molecule has 1 saturated carbocycles. The Morgan fingerprint density at radius 1 is 0.633 bits per heavy atom. The Balaban J connectivity index is 0.964. The van der Waals surface area contributed by atoms with Gasteiger partial charge in [0.05, 0.1) is 55.7 Å². The number of alkyl carbamates (subject to hydrolysis) is 2. The molecule has 5 aromatic rings. The highest BCUT2D eigenvalue weighted by molar-refractivity contribution is 6.99. The second kappa shape index (κ2) is 29.6. The molecule has 11 rings (SSSR count). The summed E-state index contributed by atoms with van der Waals surface area (Å²) in [5, 5.41) is 44.2. The van der Waals surface area contributed by atoms with E-state index in [1.807, 2.05) is 141 Å². The number of aliphatic hydroxyl groups excluding tert-OH is 3. The van der Waals surface area contributed by atoms with Gasteiger partial charge in [-0.15, -0.1) is 0 Å². The molecule has 6 N–H and O–H groups in total. The fourth-order valence-electron chi connectivity index (χ4n) is 14.0. The molecule has 484 valence electrons. The van der Waals surface area contributed by atoms with Crippen LogP contribution in [0.3, 0.4) is 0 Å². The van der Waals surface area contributed by atoms with Crippen LogP contribution in [0.4, 0.5) is 9.59 Å². The van der Waals surface area contributed by atoms with E-state index in [0.717, 1.165) is 27.1 Å². The summed E-state index contributed by atoms with van der Waals surface area (Å²) in [7, 11) is -3.60. The van der Waals surface area contributed by atoms with Gasteiger partial charge in [-0.2, -0.15) is 0 Å². The quantitative estimate of drug-likeness (QED) is 0.0179. The minimum absolute atomic E-state index is 0.00929. The fraction of sp³-hybridized carbons (Fsp3) is 0.522. The highest BCUT2D eigenvalue weighted by atomic mass is 28.4. The SMILES string of the molecule is CC[C@H]1O[C@@H](O[C@@H]2[C@H]3OC(=O)C[C@@H]3C[C@H](C)[C@H]2O[C@H]2O[C@H](CNCCO)[C@@H](O)C[C@H]2NC(=O)OCc2ccccc2)[C@H](O[Si](c2ccccc2)(c2ccccc2)C(C)(C)C)[C@@H]1O[C@H]1O[C@H]2CCC(c3ccccc3)O[C@H]2[C@H](O)[C@H]1NC(=O)OCc1ccccc1. The molecule has 6 fully saturated rings. The lowest BCUT2D eigenvalue weighted by Gasteiger charge is -2.50. The molecule has 0 radical (unpaired) electrons. The zero-order valence-corrected chi connectivity index (χ0v) is 52.7. The number of hydrogen-bond donors (Lipinski definition) is 6. The molecule has 1 unspecified atom stereocenters. The normalized spacial score (nSPS) is 32.6. The van der Waals surface area contributed by atoms with E-state index >= 15 is 0 Å². The van der Waals surface area contributed by atoms with Crippen LogP contribution in [0, 0.1) is 11.8 Å². The van der Waals surface area contributed by atoms with Crippen LogP contribution in [-0.2, 0) is 69.8 Å². The molecule has 5 heterocycles. The van der Waals surface area contributed by atoms with Crippen LogP contribution in [0.25, 0.3) is 0 Å². The van der Waals surface area contributed by atoms with Crippen molar-refractivity contribution in [3.05, 3.63) is 168 Å². The molecule has 21 heteroatoms. The first kappa shape index (κ1) is 65.3. The van der Waals surface area contributed by atoms with Crippen molar-refractivity contribution in [1.82, 2.24) is 16.0 Å². The number of amides is 2. The summed E-state index contributed by atoms with van der Waals surface area (Å²) in [6.07, 6.45) is -14.1. The van der Waals surface area contributed by atoms with E-state index in [-0.39, 0.29) is 63.7 Å².